The second-order valence-electron chi connectivity index (χ2n) is 4.14. The van der Waals surface area contributed by atoms with Crippen molar-refractivity contribution in [1.82, 2.24) is 4.90 Å². The maximum Gasteiger partial charge on any atom is 0.000439 e. The molecule has 1 fully saturated rings. The van der Waals surface area contributed by atoms with Crippen molar-refractivity contribution in [2.24, 2.45) is 11.8 Å². The van der Waals surface area contributed by atoms with Crippen LogP contribution in [0.15, 0.2) is 0 Å². The van der Waals surface area contributed by atoms with E-state index in [4.69, 9.17) is 0 Å². The highest BCUT2D eigenvalue weighted by Crippen LogP contribution is 2.16. The Morgan fingerprint density at radius 2 is 1.91 bits per heavy atom. The van der Waals surface area contributed by atoms with E-state index in [9.17, 15) is 0 Å². The van der Waals surface area contributed by atoms with Gasteiger partial charge in [-0.15, -0.1) is 0 Å². The predicted molar refractivity (Wildman–Crippen MR) is 49.4 cm³/mol. The van der Waals surface area contributed by atoms with Crippen molar-refractivity contribution in [2.75, 3.05) is 19.6 Å². The van der Waals surface area contributed by atoms with Crippen molar-refractivity contribution in [3.05, 3.63) is 6.92 Å². The van der Waals surface area contributed by atoms with Crippen LogP contribution in [0.4, 0.5) is 0 Å². The van der Waals surface area contributed by atoms with Gasteiger partial charge in [-0.25, -0.2) is 0 Å². The molecule has 0 unspecified atom stereocenters. The lowest BCUT2D eigenvalue weighted by Crippen LogP contribution is -2.35. The number of piperidine rings is 1. The summed E-state index contributed by atoms with van der Waals surface area (Å²) >= 11 is 0. The lowest BCUT2D eigenvalue weighted by Gasteiger charge is -2.31. The average molecular weight is 154 g/mol. The van der Waals surface area contributed by atoms with Crippen LogP contribution in [0.3, 0.4) is 0 Å². The van der Waals surface area contributed by atoms with Crippen molar-refractivity contribution in [3.63, 3.8) is 0 Å². The molecule has 1 heterocycles. The van der Waals surface area contributed by atoms with E-state index >= 15 is 0 Å². The fourth-order valence-electron chi connectivity index (χ4n) is 1.69. The summed E-state index contributed by atoms with van der Waals surface area (Å²) < 4.78 is 0. The van der Waals surface area contributed by atoms with Crippen LogP contribution in [0.2, 0.25) is 0 Å². The third kappa shape index (κ3) is 3.24. The molecule has 1 aliphatic rings. The molecule has 65 valence electrons. The van der Waals surface area contributed by atoms with Gasteiger partial charge in [0.05, 0.1) is 0 Å². The third-order valence-electron chi connectivity index (χ3n) is 2.33. The summed E-state index contributed by atoms with van der Waals surface area (Å²) in [5, 5.41) is 0. The van der Waals surface area contributed by atoms with Gasteiger partial charge in [-0.2, -0.15) is 0 Å². The maximum atomic E-state index is 4.08. The third-order valence-corrected chi connectivity index (χ3v) is 2.33. The van der Waals surface area contributed by atoms with E-state index < -0.39 is 0 Å². The van der Waals surface area contributed by atoms with Crippen molar-refractivity contribution in [1.29, 1.82) is 0 Å². The Bertz CT molecular complexity index is 101. The van der Waals surface area contributed by atoms with E-state index in [-0.39, 0.29) is 0 Å². The van der Waals surface area contributed by atoms with Crippen LogP contribution in [0.5, 0.6) is 0 Å². The molecule has 1 rings (SSSR count). The molecule has 0 amide bonds. The molecule has 0 aromatic rings. The Morgan fingerprint density at radius 1 is 1.36 bits per heavy atom. The van der Waals surface area contributed by atoms with Gasteiger partial charge in [-0.3, -0.25) is 0 Å². The van der Waals surface area contributed by atoms with E-state index in [1.54, 1.807) is 0 Å². The minimum Gasteiger partial charge on any atom is -0.303 e. The van der Waals surface area contributed by atoms with Gasteiger partial charge in [-0.1, -0.05) is 20.8 Å². The standard InChI is InChI=1S/C10H20N/c1-9(2)8-11-6-4-10(3)5-7-11/h9-10H,3-8H2,1-2H3. The molecule has 0 aromatic carbocycles. The molecule has 0 saturated carbocycles. The average Bonchev–Trinajstić information content (AvgIpc) is 1.93. The van der Waals surface area contributed by atoms with Crippen LogP contribution in [0.25, 0.3) is 0 Å². The van der Waals surface area contributed by atoms with Crippen LogP contribution in [-0.2, 0) is 0 Å². The summed E-state index contributed by atoms with van der Waals surface area (Å²) in [7, 11) is 0. The van der Waals surface area contributed by atoms with Gasteiger partial charge in [0.25, 0.3) is 0 Å². The van der Waals surface area contributed by atoms with Crippen LogP contribution in [-0.4, -0.2) is 24.5 Å². The van der Waals surface area contributed by atoms with Gasteiger partial charge in [0.15, 0.2) is 0 Å². The SMILES string of the molecule is [CH2]C1CCN(CC(C)C)CC1. The first-order valence-electron chi connectivity index (χ1n) is 4.74. The Kier molecular flexibility index (Phi) is 3.38. The second kappa shape index (κ2) is 4.10. The lowest BCUT2D eigenvalue weighted by atomic mass is 9.98. The molecule has 0 atom stereocenters. The molecule has 1 radical (unpaired) electrons. The van der Waals surface area contributed by atoms with Gasteiger partial charge in [0, 0.05) is 6.54 Å². The van der Waals surface area contributed by atoms with Gasteiger partial charge < -0.3 is 4.90 Å². The van der Waals surface area contributed by atoms with E-state index in [1.807, 2.05) is 0 Å². The number of likely N-dealkylation sites (tertiary alicyclic amines) is 1. The first-order valence-corrected chi connectivity index (χ1v) is 4.74. The predicted octanol–water partition coefficient (Wildman–Crippen LogP) is 2.19. The number of nitrogens with zero attached hydrogens (tertiary/aromatic N) is 1. The van der Waals surface area contributed by atoms with Crippen molar-refractivity contribution >= 4 is 0 Å². The quantitative estimate of drug-likeness (QED) is 0.589. The molecule has 0 spiro atoms. The van der Waals surface area contributed by atoms with Crippen LogP contribution >= 0.6 is 0 Å². The van der Waals surface area contributed by atoms with E-state index in [0.717, 1.165) is 11.8 Å². The minimum absolute atomic E-state index is 0.721. The van der Waals surface area contributed by atoms with E-state index in [0.29, 0.717) is 0 Å². The lowest BCUT2D eigenvalue weighted by molar-refractivity contribution is 0.183. The highest BCUT2D eigenvalue weighted by Gasteiger charge is 2.15. The van der Waals surface area contributed by atoms with Crippen LogP contribution in [0, 0.1) is 18.8 Å². The first kappa shape index (κ1) is 9.05. The van der Waals surface area contributed by atoms with Crippen LogP contribution < -0.4 is 0 Å². The fraction of sp³-hybridized carbons (Fsp3) is 0.900. The van der Waals surface area contributed by atoms with Gasteiger partial charge >= 0.3 is 0 Å². The van der Waals surface area contributed by atoms with Crippen molar-refractivity contribution < 1.29 is 0 Å². The number of hydrogen-bond acceptors (Lipinski definition) is 1. The summed E-state index contributed by atoms with van der Waals surface area (Å²) in [5.41, 5.74) is 0. The molecular formula is C10H20N. The van der Waals surface area contributed by atoms with Gasteiger partial charge in [0.1, 0.15) is 0 Å². The molecule has 0 bridgehead atoms. The van der Waals surface area contributed by atoms with Crippen molar-refractivity contribution in [3.8, 4) is 0 Å². The normalized spacial score (nSPS) is 22.9. The highest BCUT2D eigenvalue weighted by atomic mass is 15.1. The molecule has 1 saturated heterocycles. The van der Waals surface area contributed by atoms with E-state index in [1.165, 1.54) is 32.5 Å². The van der Waals surface area contributed by atoms with Crippen molar-refractivity contribution in [2.45, 2.75) is 26.7 Å². The molecular weight excluding hydrogens is 134 g/mol. The minimum atomic E-state index is 0.721. The van der Waals surface area contributed by atoms with E-state index in [2.05, 4.69) is 25.7 Å². The maximum absolute atomic E-state index is 4.08. The molecule has 1 nitrogen and oxygen atoms in total. The molecule has 1 heteroatoms. The monoisotopic (exact) mass is 154 g/mol. The molecule has 1 aliphatic heterocycles. The summed E-state index contributed by atoms with van der Waals surface area (Å²) in [6.45, 7) is 12.5. The first-order chi connectivity index (χ1) is 5.18. The Morgan fingerprint density at radius 3 is 2.36 bits per heavy atom. The Balaban J connectivity index is 2.17. The van der Waals surface area contributed by atoms with Gasteiger partial charge in [-0.05, 0) is 37.8 Å². The zero-order valence-corrected chi connectivity index (χ0v) is 7.84. The summed E-state index contributed by atoms with van der Waals surface area (Å²) in [6, 6.07) is 0. The summed E-state index contributed by atoms with van der Waals surface area (Å²) in [4.78, 5) is 2.56. The largest absolute Gasteiger partial charge is 0.303 e. The zero-order chi connectivity index (χ0) is 8.27. The zero-order valence-electron chi connectivity index (χ0n) is 7.84. The topological polar surface area (TPSA) is 3.24 Å². The summed E-state index contributed by atoms with van der Waals surface area (Å²) in [6.07, 6.45) is 2.60. The fourth-order valence-corrected chi connectivity index (χ4v) is 1.69. The smallest absolute Gasteiger partial charge is 0.000439 e. The number of rotatable bonds is 2. The molecule has 0 N–H and O–H groups in total. The number of hydrogen-bond donors (Lipinski definition) is 0. The second-order valence-corrected chi connectivity index (χ2v) is 4.14. The highest BCUT2D eigenvalue weighted by molar-refractivity contribution is 4.73. The summed E-state index contributed by atoms with van der Waals surface area (Å²) in [5.74, 6) is 1.54. The molecule has 0 aromatic heterocycles. The Labute approximate surface area is 70.8 Å². The molecule has 0 aliphatic carbocycles. The van der Waals surface area contributed by atoms with Crippen LogP contribution in [0.1, 0.15) is 26.7 Å². The van der Waals surface area contributed by atoms with Gasteiger partial charge in [0.2, 0.25) is 0 Å². The Hall–Kier alpha value is -0.0400. The molecule has 11 heavy (non-hydrogen) atoms.